The first-order valence-corrected chi connectivity index (χ1v) is 7.60. The van der Waals surface area contributed by atoms with Gasteiger partial charge in [-0.05, 0) is 0 Å². The minimum absolute atomic E-state index is 0.715. The minimum Gasteiger partial charge on any atom is -0.400 e. The van der Waals surface area contributed by atoms with Gasteiger partial charge in [-0.3, -0.25) is 13.7 Å². The molecule has 4 N–H and O–H groups in total. The summed E-state index contributed by atoms with van der Waals surface area (Å²) >= 11 is 0. The monoisotopic (exact) mass is 318 g/mol. The molecule has 16 heteroatoms. The summed E-state index contributed by atoms with van der Waals surface area (Å²) in [6.07, 6.45) is 0.715. The van der Waals surface area contributed by atoms with Crippen LogP contribution in [0, 0.1) is 0 Å². The second-order valence-corrected chi connectivity index (χ2v) is 5.65. The van der Waals surface area contributed by atoms with Gasteiger partial charge >= 0.3 is 28.1 Å². The first kappa shape index (κ1) is 19.0. The van der Waals surface area contributed by atoms with Crippen LogP contribution in [0.4, 0.5) is 0 Å². The van der Waals surface area contributed by atoms with Crippen molar-refractivity contribution in [2.24, 2.45) is 0 Å². The Hall–Kier alpha value is -0.325. The summed E-state index contributed by atoms with van der Waals surface area (Å²) in [4.78, 5) is 0. The van der Waals surface area contributed by atoms with Gasteiger partial charge in [0.15, 0.2) is 0 Å². The zero-order valence-electron chi connectivity index (χ0n) is 7.86. The maximum atomic E-state index is 9.74. The van der Waals surface area contributed by atoms with E-state index in [2.05, 4.69) is 8.20 Å². The standard InChI is InChI=1S/CH4O3S.BH3O9S2/c1-5(2,3)4;2-1(9-11(3,4)5)10-12(6,7)8/h1H3,(H,2,3,4);2H,(H,3,4,5)(H,6,7,8). The van der Waals surface area contributed by atoms with E-state index in [1.807, 2.05) is 0 Å². The van der Waals surface area contributed by atoms with Crippen LogP contribution >= 0.6 is 0 Å². The van der Waals surface area contributed by atoms with Crippen molar-refractivity contribution in [3.05, 3.63) is 0 Å². The molecule has 0 heterocycles. The van der Waals surface area contributed by atoms with Crippen molar-refractivity contribution in [2.45, 2.75) is 0 Å². The molecule has 0 spiro atoms. The van der Waals surface area contributed by atoms with E-state index in [0.29, 0.717) is 6.26 Å². The molecule has 17 heavy (non-hydrogen) atoms. The summed E-state index contributed by atoms with van der Waals surface area (Å²) in [7, 11) is -16.6. The summed E-state index contributed by atoms with van der Waals surface area (Å²) in [5.41, 5.74) is 0. The van der Waals surface area contributed by atoms with Gasteiger partial charge < -0.3 is 5.02 Å². The van der Waals surface area contributed by atoms with Crippen LogP contribution in [0.15, 0.2) is 0 Å². The second-order valence-electron chi connectivity index (χ2n) is 2.09. The summed E-state index contributed by atoms with van der Waals surface area (Å²) in [6.45, 7) is 0. The van der Waals surface area contributed by atoms with Crippen LogP contribution in [-0.4, -0.2) is 57.5 Å². The summed E-state index contributed by atoms with van der Waals surface area (Å²) in [6, 6.07) is 0. The Morgan fingerprint density at radius 2 is 1.00 bits per heavy atom. The smallest absolute Gasteiger partial charge is 0.400 e. The number of hydrogen-bond acceptors (Lipinski definition) is 9. The third-order valence-corrected chi connectivity index (χ3v) is 1.22. The molecule has 0 saturated heterocycles. The molecule has 0 rings (SSSR count). The molecular formula is CH7BO12S3. The molecule has 0 saturated carbocycles. The van der Waals surface area contributed by atoms with Gasteiger partial charge in [-0.15, -0.1) is 0 Å². The number of rotatable bonds is 4. The van der Waals surface area contributed by atoms with Gasteiger partial charge in [-0.25, -0.2) is 8.20 Å². The highest BCUT2D eigenvalue weighted by atomic mass is 32.3. The fourth-order valence-electron chi connectivity index (χ4n) is 0.224. The van der Waals surface area contributed by atoms with E-state index in [-0.39, 0.29) is 0 Å². The van der Waals surface area contributed by atoms with E-state index < -0.39 is 38.2 Å². The van der Waals surface area contributed by atoms with Crippen molar-refractivity contribution in [1.82, 2.24) is 0 Å². The van der Waals surface area contributed by atoms with Crippen molar-refractivity contribution < 1.29 is 52.1 Å². The quantitative estimate of drug-likeness (QED) is 0.304. The van der Waals surface area contributed by atoms with Crippen LogP contribution in [0.2, 0.25) is 0 Å². The highest BCUT2D eigenvalue weighted by Crippen LogP contribution is 1.95. The van der Waals surface area contributed by atoms with Gasteiger partial charge in [0.05, 0.1) is 6.26 Å². The van der Waals surface area contributed by atoms with Crippen LogP contribution in [0.5, 0.6) is 0 Å². The summed E-state index contributed by atoms with van der Waals surface area (Å²) < 4.78 is 86.8. The average Bonchev–Trinajstić information content (AvgIpc) is 1.69. The topological polar surface area (TPSA) is 202 Å². The zero-order chi connectivity index (χ0) is 14.5. The van der Waals surface area contributed by atoms with Gasteiger partial charge in [0.1, 0.15) is 0 Å². The first-order chi connectivity index (χ1) is 7.10. The molecule has 0 fully saturated rings. The molecule has 0 radical (unpaired) electrons. The average molecular weight is 318 g/mol. The maximum Gasteiger partial charge on any atom is 0.670 e. The lowest BCUT2D eigenvalue weighted by Crippen LogP contribution is -2.28. The van der Waals surface area contributed by atoms with Crippen LogP contribution in [0.3, 0.4) is 0 Å². The van der Waals surface area contributed by atoms with E-state index >= 15 is 0 Å². The molecule has 0 bridgehead atoms. The van der Waals surface area contributed by atoms with Crippen molar-refractivity contribution in [2.75, 3.05) is 6.26 Å². The lowest BCUT2D eigenvalue weighted by Gasteiger charge is -2.00. The van der Waals surface area contributed by atoms with Crippen LogP contribution in [0.25, 0.3) is 0 Å². The third-order valence-electron chi connectivity index (χ3n) is 0.408. The molecular weight excluding hydrogens is 311 g/mol. The summed E-state index contributed by atoms with van der Waals surface area (Å²) in [5.74, 6) is 0. The van der Waals surface area contributed by atoms with E-state index in [1.54, 1.807) is 0 Å². The van der Waals surface area contributed by atoms with Crippen molar-refractivity contribution in [3.63, 3.8) is 0 Å². The van der Waals surface area contributed by atoms with E-state index in [9.17, 15) is 25.3 Å². The fraction of sp³-hybridized carbons (Fsp3) is 1.00. The Morgan fingerprint density at radius 1 is 0.824 bits per heavy atom. The van der Waals surface area contributed by atoms with E-state index in [4.69, 9.17) is 18.7 Å². The minimum atomic E-state index is -5.05. The maximum absolute atomic E-state index is 9.74. The molecule has 0 aliphatic carbocycles. The molecule has 0 atom stereocenters. The van der Waals surface area contributed by atoms with Crippen LogP contribution < -0.4 is 0 Å². The molecule has 0 aliphatic heterocycles. The largest absolute Gasteiger partial charge is 0.670 e. The van der Waals surface area contributed by atoms with Crippen molar-refractivity contribution in [3.8, 4) is 0 Å². The molecule has 12 nitrogen and oxygen atoms in total. The molecule has 0 unspecified atom stereocenters. The number of hydrogen-bond donors (Lipinski definition) is 4. The lowest BCUT2D eigenvalue weighted by atomic mass is 10.3. The summed E-state index contributed by atoms with van der Waals surface area (Å²) in [5, 5.41) is 8.20. The Labute approximate surface area is 97.0 Å². The van der Waals surface area contributed by atoms with Crippen LogP contribution in [0.1, 0.15) is 0 Å². The normalized spacial score (nSPS) is 12.5. The van der Waals surface area contributed by atoms with Gasteiger partial charge in [-0.2, -0.15) is 25.3 Å². The zero-order valence-corrected chi connectivity index (χ0v) is 10.3. The van der Waals surface area contributed by atoms with Gasteiger partial charge in [0.2, 0.25) is 0 Å². The predicted octanol–water partition coefficient (Wildman–Crippen LogP) is -2.89. The highest BCUT2D eigenvalue weighted by Gasteiger charge is 2.29. The lowest BCUT2D eigenvalue weighted by molar-refractivity contribution is 0.262. The fourth-order valence-corrected chi connectivity index (χ4v) is 0.768. The van der Waals surface area contributed by atoms with Crippen molar-refractivity contribution >= 4 is 38.2 Å². The van der Waals surface area contributed by atoms with Gasteiger partial charge in [0.25, 0.3) is 10.1 Å². The Kier molecular flexibility index (Phi) is 7.35. The van der Waals surface area contributed by atoms with Crippen molar-refractivity contribution in [1.29, 1.82) is 0 Å². The van der Waals surface area contributed by atoms with Gasteiger partial charge in [-0.1, -0.05) is 0 Å². The van der Waals surface area contributed by atoms with Gasteiger partial charge in [0, 0.05) is 0 Å². The Morgan fingerprint density at radius 3 is 1.12 bits per heavy atom. The first-order valence-electron chi connectivity index (χ1n) is 3.02. The van der Waals surface area contributed by atoms with E-state index in [1.165, 1.54) is 0 Å². The Balaban J connectivity index is 0. The Bertz CT molecular complexity index is 466. The van der Waals surface area contributed by atoms with E-state index in [0.717, 1.165) is 0 Å². The molecule has 0 aromatic carbocycles. The molecule has 0 aliphatic rings. The molecule has 0 amide bonds. The third kappa shape index (κ3) is 31.3. The predicted molar refractivity (Wildman–Crippen MR) is 50.7 cm³/mol. The highest BCUT2D eigenvalue weighted by molar-refractivity contribution is 7.85. The molecule has 0 aromatic heterocycles. The molecule has 104 valence electrons. The SMILES string of the molecule is CS(=O)(=O)O.O=S(=O)(O)OB(O)OS(=O)(=O)O. The van der Waals surface area contributed by atoms with Crippen LogP contribution in [-0.2, 0) is 39.1 Å². The molecule has 0 aromatic rings. The second kappa shape index (κ2) is 6.57.